The van der Waals surface area contributed by atoms with Gasteiger partial charge in [0, 0.05) is 12.6 Å². The lowest BCUT2D eigenvalue weighted by Gasteiger charge is -2.12. The van der Waals surface area contributed by atoms with Crippen molar-refractivity contribution in [3.05, 3.63) is 69.5 Å². The van der Waals surface area contributed by atoms with Gasteiger partial charge in [-0.2, -0.15) is 0 Å². The molecule has 0 aliphatic carbocycles. The van der Waals surface area contributed by atoms with Gasteiger partial charge in [-0.25, -0.2) is 9.18 Å². The van der Waals surface area contributed by atoms with Crippen LogP contribution in [0.2, 0.25) is 0 Å². The predicted molar refractivity (Wildman–Crippen MR) is 76.7 cm³/mol. The maximum Gasteiger partial charge on any atom is 0.419 e. The molecule has 1 N–H and O–H groups in total. The van der Waals surface area contributed by atoms with Crippen LogP contribution in [0.5, 0.6) is 0 Å². The van der Waals surface area contributed by atoms with Gasteiger partial charge in [0.2, 0.25) is 0 Å². The Morgan fingerprint density at radius 1 is 1.24 bits per heavy atom. The van der Waals surface area contributed by atoms with E-state index in [4.69, 9.17) is 4.42 Å². The highest BCUT2D eigenvalue weighted by molar-refractivity contribution is 5.74. The number of aromatic nitrogens is 1. The summed E-state index contributed by atoms with van der Waals surface area (Å²) in [5.74, 6) is -0.935. The zero-order chi connectivity index (χ0) is 15.1. The highest BCUT2D eigenvalue weighted by atomic mass is 19.1. The Labute approximate surface area is 120 Å². The quantitative estimate of drug-likeness (QED) is 0.788. The first-order valence-electron chi connectivity index (χ1n) is 6.51. The average molecular weight is 287 g/mol. The van der Waals surface area contributed by atoms with E-state index in [1.54, 1.807) is 44.3 Å². The van der Waals surface area contributed by atoms with Crippen molar-refractivity contribution in [3.63, 3.8) is 0 Å². The van der Waals surface area contributed by atoms with E-state index in [9.17, 15) is 14.3 Å². The van der Waals surface area contributed by atoms with Gasteiger partial charge in [-0.3, -0.25) is 4.57 Å². The third-order valence-corrected chi connectivity index (χ3v) is 3.58. The minimum atomic E-state index is -1.11. The first-order valence-corrected chi connectivity index (χ1v) is 6.51. The monoisotopic (exact) mass is 287 g/mol. The molecule has 0 aliphatic heterocycles. The fraction of sp³-hybridized carbons (Fsp3) is 0.188. The van der Waals surface area contributed by atoms with E-state index in [0.29, 0.717) is 16.7 Å². The Bertz CT molecular complexity index is 879. The maximum absolute atomic E-state index is 13.9. The van der Waals surface area contributed by atoms with Crippen LogP contribution in [-0.2, 0) is 7.05 Å². The number of aliphatic hydroxyl groups excluding tert-OH is 1. The zero-order valence-corrected chi connectivity index (χ0v) is 11.6. The second-order valence-electron chi connectivity index (χ2n) is 5.08. The highest BCUT2D eigenvalue weighted by Gasteiger charge is 2.17. The van der Waals surface area contributed by atoms with E-state index in [1.165, 1.54) is 10.6 Å². The molecule has 21 heavy (non-hydrogen) atoms. The van der Waals surface area contributed by atoms with Crippen LogP contribution < -0.4 is 5.76 Å². The van der Waals surface area contributed by atoms with E-state index >= 15 is 0 Å². The third-order valence-electron chi connectivity index (χ3n) is 3.58. The van der Waals surface area contributed by atoms with Gasteiger partial charge < -0.3 is 9.52 Å². The van der Waals surface area contributed by atoms with Crippen LogP contribution in [0.3, 0.4) is 0 Å². The summed E-state index contributed by atoms with van der Waals surface area (Å²) in [4.78, 5) is 11.5. The molecule has 0 saturated heterocycles. The molecule has 0 radical (unpaired) electrons. The van der Waals surface area contributed by atoms with E-state index in [-0.39, 0.29) is 5.56 Å². The summed E-state index contributed by atoms with van der Waals surface area (Å²) in [7, 11) is 1.60. The topological polar surface area (TPSA) is 55.4 Å². The Kier molecular flexibility index (Phi) is 3.14. The van der Waals surface area contributed by atoms with Crippen LogP contribution >= 0.6 is 0 Å². The molecule has 2 aromatic carbocycles. The largest absolute Gasteiger partial charge is 0.419 e. The Balaban J connectivity index is 2.09. The smallest absolute Gasteiger partial charge is 0.408 e. The zero-order valence-electron chi connectivity index (χ0n) is 11.6. The summed E-state index contributed by atoms with van der Waals surface area (Å²) < 4.78 is 20.4. The van der Waals surface area contributed by atoms with Crippen molar-refractivity contribution in [1.29, 1.82) is 0 Å². The highest BCUT2D eigenvalue weighted by Crippen LogP contribution is 2.27. The Morgan fingerprint density at radius 2 is 2.00 bits per heavy atom. The molecule has 0 amide bonds. The molecular weight excluding hydrogens is 273 g/mol. The van der Waals surface area contributed by atoms with E-state index in [2.05, 4.69) is 0 Å². The average Bonchev–Trinajstić information content (AvgIpc) is 2.73. The van der Waals surface area contributed by atoms with Crippen LogP contribution in [0.1, 0.15) is 22.8 Å². The van der Waals surface area contributed by atoms with E-state index in [0.717, 1.165) is 5.56 Å². The summed E-state index contributed by atoms with van der Waals surface area (Å²) >= 11 is 0. The summed E-state index contributed by atoms with van der Waals surface area (Å²) in [6.45, 7) is 1.78. The fourth-order valence-electron chi connectivity index (χ4n) is 2.35. The number of aryl methyl sites for hydroxylation is 2. The number of benzene rings is 2. The van der Waals surface area contributed by atoms with Crippen LogP contribution in [0.4, 0.5) is 4.39 Å². The molecule has 0 fully saturated rings. The van der Waals surface area contributed by atoms with Crippen LogP contribution in [-0.4, -0.2) is 9.67 Å². The van der Waals surface area contributed by atoms with Gasteiger partial charge in [0.1, 0.15) is 11.9 Å². The second-order valence-corrected chi connectivity index (χ2v) is 5.08. The number of halogens is 1. The molecule has 0 spiro atoms. The number of hydrogen-bond acceptors (Lipinski definition) is 3. The van der Waals surface area contributed by atoms with Crippen molar-refractivity contribution in [2.45, 2.75) is 13.0 Å². The molecule has 1 heterocycles. The molecule has 0 saturated carbocycles. The number of rotatable bonds is 2. The standard InChI is InChI=1S/C16H14FNO3/c1-9-3-5-11(12(17)7-9)15(19)10-4-6-13-14(8-10)21-16(20)18(13)2/h3-8,15,19H,1-2H3. The van der Waals surface area contributed by atoms with Gasteiger partial charge in [-0.1, -0.05) is 18.2 Å². The second kappa shape index (κ2) is 4.86. The molecule has 4 nitrogen and oxygen atoms in total. The van der Waals surface area contributed by atoms with Gasteiger partial charge >= 0.3 is 5.76 Å². The lowest BCUT2D eigenvalue weighted by atomic mass is 9.99. The number of hydrogen-bond donors (Lipinski definition) is 1. The molecule has 0 aliphatic rings. The lowest BCUT2D eigenvalue weighted by Crippen LogP contribution is -2.08. The molecule has 1 aromatic heterocycles. The van der Waals surface area contributed by atoms with E-state index in [1.807, 2.05) is 0 Å². The van der Waals surface area contributed by atoms with Crippen molar-refractivity contribution < 1.29 is 13.9 Å². The summed E-state index contributed by atoms with van der Waals surface area (Å²) in [6, 6.07) is 9.55. The molecule has 5 heteroatoms. The third kappa shape index (κ3) is 2.25. The number of aliphatic hydroxyl groups is 1. The molecule has 108 valence electrons. The first kappa shape index (κ1) is 13.6. The summed E-state index contributed by atoms with van der Waals surface area (Å²) in [5, 5.41) is 10.3. The minimum absolute atomic E-state index is 0.193. The van der Waals surface area contributed by atoms with Crippen molar-refractivity contribution in [1.82, 2.24) is 4.57 Å². The van der Waals surface area contributed by atoms with Crippen molar-refractivity contribution in [2.75, 3.05) is 0 Å². The number of nitrogens with zero attached hydrogens (tertiary/aromatic N) is 1. The fourth-order valence-corrected chi connectivity index (χ4v) is 2.35. The van der Waals surface area contributed by atoms with Crippen LogP contribution in [0, 0.1) is 12.7 Å². The van der Waals surface area contributed by atoms with Crippen molar-refractivity contribution in [3.8, 4) is 0 Å². The normalized spacial score (nSPS) is 12.8. The van der Waals surface area contributed by atoms with Crippen LogP contribution in [0.15, 0.2) is 45.6 Å². The molecule has 3 rings (SSSR count). The molecule has 1 atom stereocenters. The molecule has 0 bridgehead atoms. The Hall–Kier alpha value is -2.40. The lowest BCUT2D eigenvalue weighted by molar-refractivity contribution is 0.215. The van der Waals surface area contributed by atoms with Gasteiger partial charge in [0.05, 0.1) is 5.52 Å². The van der Waals surface area contributed by atoms with Gasteiger partial charge in [0.25, 0.3) is 0 Å². The minimum Gasteiger partial charge on any atom is -0.408 e. The summed E-state index contributed by atoms with van der Waals surface area (Å²) in [5.41, 5.74) is 2.44. The first-order chi connectivity index (χ1) is 9.97. The number of fused-ring (bicyclic) bond motifs is 1. The number of oxazole rings is 1. The van der Waals surface area contributed by atoms with Crippen molar-refractivity contribution >= 4 is 11.1 Å². The van der Waals surface area contributed by atoms with E-state index < -0.39 is 17.7 Å². The van der Waals surface area contributed by atoms with Gasteiger partial charge in [0.15, 0.2) is 5.58 Å². The van der Waals surface area contributed by atoms with Gasteiger partial charge in [-0.15, -0.1) is 0 Å². The molecule has 3 aromatic rings. The molecule has 1 unspecified atom stereocenters. The predicted octanol–water partition coefficient (Wildman–Crippen LogP) is 2.66. The van der Waals surface area contributed by atoms with Crippen molar-refractivity contribution in [2.24, 2.45) is 7.05 Å². The SMILES string of the molecule is Cc1ccc(C(O)c2ccc3c(c2)oc(=O)n3C)c(F)c1. The Morgan fingerprint density at radius 3 is 2.71 bits per heavy atom. The molecular formula is C16H14FNO3. The van der Waals surface area contributed by atoms with Gasteiger partial charge in [-0.05, 0) is 36.2 Å². The maximum atomic E-state index is 13.9. The van der Waals surface area contributed by atoms with Crippen LogP contribution in [0.25, 0.3) is 11.1 Å². The summed E-state index contributed by atoms with van der Waals surface area (Å²) in [6.07, 6.45) is -1.11.